The Kier molecular flexibility index (Phi) is 2.96. The molecule has 0 saturated carbocycles. The molecule has 0 aliphatic rings. The Balaban J connectivity index is 1.92. The van der Waals surface area contributed by atoms with Crippen LogP contribution in [0.2, 0.25) is 0 Å². The topological polar surface area (TPSA) is 82.1 Å². The molecule has 0 spiro atoms. The van der Waals surface area contributed by atoms with E-state index in [9.17, 15) is 10.1 Å². The van der Waals surface area contributed by atoms with E-state index in [-0.39, 0.29) is 5.69 Å². The van der Waals surface area contributed by atoms with Gasteiger partial charge in [0, 0.05) is 23.3 Å². The summed E-state index contributed by atoms with van der Waals surface area (Å²) in [6, 6.07) is 15.4. The number of benzene rings is 2. The first-order valence-electron chi connectivity index (χ1n) is 5.88. The molecule has 20 heavy (non-hydrogen) atoms. The van der Waals surface area contributed by atoms with Crippen molar-refractivity contribution in [3.63, 3.8) is 0 Å². The van der Waals surface area contributed by atoms with Crippen LogP contribution >= 0.6 is 0 Å². The first-order valence-corrected chi connectivity index (χ1v) is 5.88. The van der Waals surface area contributed by atoms with Gasteiger partial charge in [-0.3, -0.25) is 10.1 Å². The molecule has 0 aliphatic heterocycles. The molecule has 0 unspecified atom stereocenters. The third-order valence-corrected chi connectivity index (χ3v) is 2.78. The second-order valence-electron chi connectivity index (χ2n) is 4.09. The lowest BCUT2D eigenvalue weighted by molar-refractivity contribution is -0.384. The minimum absolute atomic E-state index is 0.0246. The zero-order valence-corrected chi connectivity index (χ0v) is 10.3. The van der Waals surface area contributed by atoms with E-state index in [0.717, 1.165) is 5.56 Å². The van der Waals surface area contributed by atoms with E-state index in [4.69, 9.17) is 4.52 Å². The van der Waals surface area contributed by atoms with Crippen molar-refractivity contribution in [3.05, 3.63) is 64.7 Å². The smallest absolute Gasteiger partial charge is 0.269 e. The predicted octanol–water partition coefficient (Wildman–Crippen LogP) is 3.31. The molecule has 1 aromatic heterocycles. The highest BCUT2D eigenvalue weighted by atomic mass is 16.6. The van der Waals surface area contributed by atoms with Crippen molar-refractivity contribution in [2.24, 2.45) is 0 Å². The third-order valence-electron chi connectivity index (χ3n) is 2.78. The van der Waals surface area contributed by atoms with E-state index in [1.807, 2.05) is 30.3 Å². The highest BCUT2D eigenvalue weighted by Gasteiger charge is 2.12. The zero-order chi connectivity index (χ0) is 13.9. The Labute approximate surface area is 113 Å². The Morgan fingerprint density at radius 1 is 0.950 bits per heavy atom. The fourth-order valence-electron chi connectivity index (χ4n) is 1.77. The summed E-state index contributed by atoms with van der Waals surface area (Å²) in [5, 5.41) is 14.5. The average Bonchev–Trinajstić information content (AvgIpc) is 2.98. The van der Waals surface area contributed by atoms with Crippen LogP contribution in [-0.4, -0.2) is 15.1 Å². The maximum Gasteiger partial charge on any atom is 0.269 e. The number of aromatic nitrogens is 2. The van der Waals surface area contributed by atoms with E-state index < -0.39 is 4.92 Å². The fourth-order valence-corrected chi connectivity index (χ4v) is 1.77. The second kappa shape index (κ2) is 4.93. The number of non-ortho nitro benzene ring substituents is 1. The molecule has 0 bridgehead atoms. The Bertz CT molecular complexity index is 736. The van der Waals surface area contributed by atoms with E-state index in [1.54, 1.807) is 12.1 Å². The van der Waals surface area contributed by atoms with Crippen molar-refractivity contribution in [2.45, 2.75) is 0 Å². The summed E-state index contributed by atoms with van der Waals surface area (Å²) >= 11 is 0. The van der Waals surface area contributed by atoms with Gasteiger partial charge in [0.05, 0.1) is 4.92 Å². The van der Waals surface area contributed by atoms with E-state index >= 15 is 0 Å². The minimum Gasteiger partial charge on any atom is -0.334 e. The van der Waals surface area contributed by atoms with Crippen LogP contribution in [0.25, 0.3) is 22.8 Å². The van der Waals surface area contributed by atoms with Gasteiger partial charge in [-0.15, -0.1) is 0 Å². The minimum atomic E-state index is -0.451. The average molecular weight is 267 g/mol. The molecular weight excluding hydrogens is 258 g/mol. The summed E-state index contributed by atoms with van der Waals surface area (Å²) in [5.41, 5.74) is 1.52. The molecule has 0 atom stereocenters. The summed E-state index contributed by atoms with van der Waals surface area (Å²) in [4.78, 5) is 14.4. The van der Waals surface area contributed by atoms with E-state index in [2.05, 4.69) is 10.1 Å². The lowest BCUT2D eigenvalue weighted by Crippen LogP contribution is -1.87. The fraction of sp³-hybridized carbons (Fsp3) is 0. The number of nitrogens with zero attached hydrogens (tertiary/aromatic N) is 3. The Morgan fingerprint density at radius 2 is 1.65 bits per heavy atom. The van der Waals surface area contributed by atoms with Crippen molar-refractivity contribution in [1.82, 2.24) is 10.1 Å². The maximum absolute atomic E-state index is 10.6. The van der Waals surface area contributed by atoms with Crippen LogP contribution in [-0.2, 0) is 0 Å². The van der Waals surface area contributed by atoms with Crippen LogP contribution in [0.3, 0.4) is 0 Å². The first-order chi connectivity index (χ1) is 9.74. The molecule has 98 valence electrons. The molecule has 0 N–H and O–H groups in total. The first kappa shape index (κ1) is 12.0. The quantitative estimate of drug-likeness (QED) is 0.537. The van der Waals surface area contributed by atoms with Crippen LogP contribution in [0, 0.1) is 10.1 Å². The molecule has 0 saturated heterocycles. The van der Waals surface area contributed by atoms with Gasteiger partial charge in [0.15, 0.2) is 0 Å². The summed E-state index contributed by atoms with van der Waals surface area (Å²) in [6.07, 6.45) is 0. The number of nitro groups is 1. The van der Waals surface area contributed by atoms with Crippen LogP contribution in [0.5, 0.6) is 0 Å². The van der Waals surface area contributed by atoms with Gasteiger partial charge in [-0.25, -0.2) is 0 Å². The SMILES string of the molecule is O=[N+]([O-])c1ccc(-c2nc(-c3ccccc3)no2)cc1. The Morgan fingerprint density at radius 3 is 2.30 bits per heavy atom. The van der Waals surface area contributed by atoms with E-state index in [0.29, 0.717) is 17.3 Å². The molecule has 6 heteroatoms. The molecule has 0 aliphatic carbocycles. The highest BCUT2D eigenvalue weighted by Crippen LogP contribution is 2.23. The van der Waals surface area contributed by atoms with Gasteiger partial charge in [-0.1, -0.05) is 35.5 Å². The Hall–Kier alpha value is -3.02. The zero-order valence-electron chi connectivity index (χ0n) is 10.3. The predicted molar refractivity (Wildman–Crippen MR) is 71.8 cm³/mol. The van der Waals surface area contributed by atoms with Gasteiger partial charge in [-0.2, -0.15) is 4.98 Å². The number of rotatable bonds is 3. The standard InChI is InChI=1S/C14H9N3O3/c18-17(19)12-8-6-11(7-9-12)14-15-13(16-20-14)10-4-2-1-3-5-10/h1-9H. The van der Waals surface area contributed by atoms with Crippen LogP contribution in [0.4, 0.5) is 5.69 Å². The van der Waals surface area contributed by atoms with Gasteiger partial charge in [0.1, 0.15) is 0 Å². The lowest BCUT2D eigenvalue weighted by Gasteiger charge is -1.94. The summed E-state index contributed by atoms with van der Waals surface area (Å²) in [6.45, 7) is 0. The normalized spacial score (nSPS) is 10.4. The summed E-state index contributed by atoms with van der Waals surface area (Å²) in [5.74, 6) is 0.817. The maximum atomic E-state index is 10.6. The number of hydrogen-bond donors (Lipinski definition) is 0. The van der Waals surface area contributed by atoms with Gasteiger partial charge in [-0.05, 0) is 12.1 Å². The number of hydrogen-bond acceptors (Lipinski definition) is 5. The second-order valence-corrected chi connectivity index (χ2v) is 4.09. The van der Waals surface area contributed by atoms with Crippen LogP contribution in [0.1, 0.15) is 0 Å². The van der Waals surface area contributed by atoms with Gasteiger partial charge in [0.2, 0.25) is 5.82 Å². The largest absolute Gasteiger partial charge is 0.334 e. The van der Waals surface area contributed by atoms with E-state index in [1.165, 1.54) is 12.1 Å². The highest BCUT2D eigenvalue weighted by molar-refractivity contribution is 5.60. The van der Waals surface area contributed by atoms with Crippen molar-refractivity contribution in [2.75, 3.05) is 0 Å². The van der Waals surface area contributed by atoms with Crippen molar-refractivity contribution < 1.29 is 9.45 Å². The molecule has 6 nitrogen and oxygen atoms in total. The summed E-state index contributed by atoms with van der Waals surface area (Å²) < 4.78 is 5.17. The monoisotopic (exact) mass is 267 g/mol. The molecule has 0 amide bonds. The molecule has 0 fully saturated rings. The molecule has 1 heterocycles. The van der Waals surface area contributed by atoms with Gasteiger partial charge < -0.3 is 4.52 Å². The van der Waals surface area contributed by atoms with Gasteiger partial charge >= 0.3 is 0 Å². The van der Waals surface area contributed by atoms with Crippen LogP contribution in [0.15, 0.2) is 59.1 Å². The number of nitro benzene ring substituents is 1. The van der Waals surface area contributed by atoms with Crippen molar-refractivity contribution in [3.8, 4) is 22.8 Å². The van der Waals surface area contributed by atoms with Crippen molar-refractivity contribution in [1.29, 1.82) is 0 Å². The molecule has 3 aromatic rings. The summed E-state index contributed by atoms with van der Waals surface area (Å²) in [7, 11) is 0. The molecular formula is C14H9N3O3. The van der Waals surface area contributed by atoms with Gasteiger partial charge in [0.25, 0.3) is 11.6 Å². The van der Waals surface area contributed by atoms with Crippen molar-refractivity contribution >= 4 is 5.69 Å². The lowest BCUT2D eigenvalue weighted by atomic mass is 10.2. The molecule has 2 aromatic carbocycles. The molecule has 3 rings (SSSR count). The molecule has 0 radical (unpaired) electrons. The third kappa shape index (κ3) is 2.26. The van der Waals surface area contributed by atoms with Crippen LogP contribution < -0.4 is 0 Å².